The minimum Gasteiger partial charge on any atom is -0.351 e. The highest BCUT2D eigenvalue weighted by atomic mass is 32.1. The van der Waals surface area contributed by atoms with Gasteiger partial charge in [-0.05, 0) is 11.4 Å². The number of nitrogens with two attached hydrogens (primary N) is 1. The Bertz CT molecular complexity index is 340. The summed E-state index contributed by atoms with van der Waals surface area (Å²) in [6.07, 6.45) is 0. The molecular formula is C6H5N3OS. The highest BCUT2D eigenvalue weighted by Gasteiger charge is 2.05. The Morgan fingerprint density at radius 3 is 3.00 bits per heavy atom. The Hall–Kier alpha value is -1.36. The first-order valence-electron chi connectivity index (χ1n) is 2.99. The number of nitrogen functional groups attached to an aromatic ring is 1. The van der Waals surface area contributed by atoms with Crippen LogP contribution in [0.2, 0.25) is 0 Å². The molecule has 0 aliphatic carbocycles. The molecule has 0 saturated carbocycles. The topological polar surface area (TPSA) is 64.9 Å². The van der Waals surface area contributed by atoms with Crippen LogP contribution < -0.4 is 5.73 Å². The van der Waals surface area contributed by atoms with Gasteiger partial charge in [0, 0.05) is 0 Å². The van der Waals surface area contributed by atoms with Gasteiger partial charge in [-0.2, -0.15) is 4.98 Å². The van der Waals surface area contributed by atoms with Crippen LogP contribution in [-0.2, 0) is 0 Å². The molecule has 0 aromatic carbocycles. The van der Waals surface area contributed by atoms with Gasteiger partial charge in [0.25, 0.3) is 0 Å². The number of rotatable bonds is 1. The summed E-state index contributed by atoms with van der Waals surface area (Å²) in [5, 5.41) is 5.60. The molecule has 5 heteroatoms. The zero-order valence-electron chi connectivity index (χ0n) is 5.52. The van der Waals surface area contributed by atoms with Gasteiger partial charge in [0.15, 0.2) is 0 Å². The van der Waals surface area contributed by atoms with Crippen molar-refractivity contribution in [1.82, 2.24) is 10.1 Å². The van der Waals surface area contributed by atoms with E-state index in [-0.39, 0.29) is 6.01 Å². The summed E-state index contributed by atoms with van der Waals surface area (Å²) >= 11 is 1.55. The number of aromatic nitrogens is 2. The lowest BCUT2D eigenvalue weighted by molar-refractivity contribution is 0.437. The molecule has 0 amide bonds. The second kappa shape index (κ2) is 2.35. The van der Waals surface area contributed by atoms with Crippen molar-refractivity contribution >= 4 is 17.4 Å². The van der Waals surface area contributed by atoms with Crippen LogP contribution >= 0.6 is 11.3 Å². The summed E-state index contributed by atoms with van der Waals surface area (Å²) in [7, 11) is 0. The van der Waals surface area contributed by atoms with E-state index in [1.807, 2.05) is 17.5 Å². The molecule has 0 unspecified atom stereocenters. The Morgan fingerprint density at radius 2 is 2.45 bits per heavy atom. The summed E-state index contributed by atoms with van der Waals surface area (Å²) in [6.45, 7) is 0. The van der Waals surface area contributed by atoms with Gasteiger partial charge in [0.1, 0.15) is 0 Å². The molecule has 0 saturated heterocycles. The molecule has 2 aromatic heterocycles. The van der Waals surface area contributed by atoms with Crippen LogP contribution in [0.3, 0.4) is 0 Å². The monoisotopic (exact) mass is 167 g/mol. The Morgan fingerprint density at radius 1 is 1.55 bits per heavy atom. The van der Waals surface area contributed by atoms with Crippen molar-refractivity contribution in [2.24, 2.45) is 0 Å². The first-order valence-corrected chi connectivity index (χ1v) is 3.87. The lowest BCUT2D eigenvalue weighted by Crippen LogP contribution is -1.81. The summed E-state index contributed by atoms with van der Waals surface area (Å²) in [5.41, 5.74) is 5.25. The van der Waals surface area contributed by atoms with Crippen molar-refractivity contribution < 1.29 is 4.52 Å². The van der Waals surface area contributed by atoms with E-state index in [4.69, 9.17) is 5.73 Å². The van der Waals surface area contributed by atoms with Crippen molar-refractivity contribution in [1.29, 1.82) is 0 Å². The van der Waals surface area contributed by atoms with Gasteiger partial charge >= 0.3 is 6.01 Å². The number of nitrogens with zero attached hydrogens (tertiary/aromatic N) is 2. The number of anilines is 1. The first kappa shape index (κ1) is 6.36. The van der Waals surface area contributed by atoms with E-state index in [2.05, 4.69) is 14.7 Å². The third kappa shape index (κ3) is 1.10. The minimum atomic E-state index is 0.105. The summed E-state index contributed by atoms with van der Waals surface area (Å²) in [5.74, 6) is 0.553. The standard InChI is InChI=1S/C6H5N3OS/c7-6-8-5(9-10-6)4-2-1-3-11-4/h1-3H,(H2,7,8,9). The van der Waals surface area contributed by atoms with Gasteiger partial charge in [-0.1, -0.05) is 11.2 Å². The third-order valence-corrected chi connectivity index (χ3v) is 2.05. The van der Waals surface area contributed by atoms with Crippen LogP contribution in [0.1, 0.15) is 0 Å². The molecule has 4 nitrogen and oxygen atoms in total. The lowest BCUT2D eigenvalue weighted by atomic mass is 10.4. The van der Waals surface area contributed by atoms with Crippen LogP contribution in [0, 0.1) is 0 Å². The average Bonchev–Trinajstić information content (AvgIpc) is 2.55. The van der Waals surface area contributed by atoms with E-state index < -0.39 is 0 Å². The van der Waals surface area contributed by atoms with Crippen molar-refractivity contribution in [3.63, 3.8) is 0 Å². The molecule has 0 spiro atoms. The predicted octanol–water partition coefficient (Wildman–Crippen LogP) is 1.38. The lowest BCUT2D eigenvalue weighted by Gasteiger charge is -1.80. The fraction of sp³-hybridized carbons (Fsp3) is 0. The zero-order chi connectivity index (χ0) is 7.68. The molecule has 0 radical (unpaired) electrons. The highest BCUT2D eigenvalue weighted by Crippen LogP contribution is 2.21. The Kier molecular flexibility index (Phi) is 1.36. The van der Waals surface area contributed by atoms with Gasteiger partial charge in [-0.25, -0.2) is 0 Å². The van der Waals surface area contributed by atoms with Gasteiger partial charge in [0.05, 0.1) is 4.88 Å². The maximum Gasteiger partial charge on any atom is 0.319 e. The average molecular weight is 167 g/mol. The number of thiophene rings is 1. The largest absolute Gasteiger partial charge is 0.351 e. The fourth-order valence-electron chi connectivity index (χ4n) is 0.741. The third-order valence-electron chi connectivity index (χ3n) is 1.18. The Balaban J connectivity index is 2.45. The molecule has 0 fully saturated rings. The smallest absolute Gasteiger partial charge is 0.319 e. The van der Waals surface area contributed by atoms with Crippen molar-refractivity contribution in [3.05, 3.63) is 17.5 Å². The molecule has 2 N–H and O–H groups in total. The molecule has 0 atom stereocenters. The summed E-state index contributed by atoms with van der Waals surface area (Å²) in [6, 6.07) is 3.94. The van der Waals surface area contributed by atoms with E-state index in [1.54, 1.807) is 11.3 Å². The summed E-state index contributed by atoms with van der Waals surface area (Å²) < 4.78 is 4.61. The van der Waals surface area contributed by atoms with Gasteiger partial charge in [-0.15, -0.1) is 11.3 Å². The van der Waals surface area contributed by atoms with Crippen LogP contribution in [0.15, 0.2) is 22.0 Å². The van der Waals surface area contributed by atoms with E-state index in [0.717, 1.165) is 4.88 Å². The second-order valence-electron chi connectivity index (χ2n) is 1.93. The second-order valence-corrected chi connectivity index (χ2v) is 2.88. The molecular weight excluding hydrogens is 162 g/mol. The van der Waals surface area contributed by atoms with E-state index >= 15 is 0 Å². The van der Waals surface area contributed by atoms with Crippen LogP contribution in [0.25, 0.3) is 10.7 Å². The first-order chi connectivity index (χ1) is 5.36. The zero-order valence-corrected chi connectivity index (χ0v) is 6.34. The molecule has 11 heavy (non-hydrogen) atoms. The highest BCUT2D eigenvalue weighted by molar-refractivity contribution is 7.13. The quantitative estimate of drug-likeness (QED) is 0.696. The van der Waals surface area contributed by atoms with Crippen LogP contribution in [0.4, 0.5) is 6.01 Å². The van der Waals surface area contributed by atoms with E-state index in [0.29, 0.717) is 5.82 Å². The molecule has 2 rings (SSSR count). The SMILES string of the molecule is Nc1nc(-c2cccs2)no1. The molecule has 2 aromatic rings. The van der Waals surface area contributed by atoms with Crippen LogP contribution in [0.5, 0.6) is 0 Å². The van der Waals surface area contributed by atoms with E-state index in [1.165, 1.54) is 0 Å². The van der Waals surface area contributed by atoms with Crippen molar-refractivity contribution in [2.75, 3.05) is 5.73 Å². The molecule has 0 bridgehead atoms. The number of hydrogen-bond donors (Lipinski definition) is 1. The maximum absolute atomic E-state index is 5.25. The predicted molar refractivity (Wildman–Crippen MR) is 42.0 cm³/mol. The van der Waals surface area contributed by atoms with Gasteiger partial charge in [0.2, 0.25) is 5.82 Å². The normalized spacial score (nSPS) is 10.2. The number of hydrogen-bond acceptors (Lipinski definition) is 5. The van der Waals surface area contributed by atoms with Crippen LogP contribution in [-0.4, -0.2) is 10.1 Å². The summed E-state index contributed by atoms with van der Waals surface area (Å²) in [4.78, 5) is 4.83. The van der Waals surface area contributed by atoms with Crippen molar-refractivity contribution in [2.45, 2.75) is 0 Å². The van der Waals surface area contributed by atoms with Crippen molar-refractivity contribution in [3.8, 4) is 10.7 Å². The molecule has 2 heterocycles. The van der Waals surface area contributed by atoms with Gasteiger partial charge < -0.3 is 10.3 Å². The molecule has 0 aliphatic rings. The maximum atomic E-state index is 5.25. The van der Waals surface area contributed by atoms with E-state index in [9.17, 15) is 0 Å². The fourth-order valence-corrected chi connectivity index (χ4v) is 1.39. The van der Waals surface area contributed by atoms with Gasteiger partial charge in [-0.3, -0.25) is 0 Å². The molecule has 0 aliphatic heterocycles. The molecule has 56 valence electrons. The minimum absolute atomic E-state index is 0.105. The Labute approximate surface area is 66.7 Å².